The quantitative estimate of drug-likeness (QED) is 0.835. The van der Waals surface area contributed by atoms with Gasteiger partial charge in [-0.05, 0) is 37.3 Å². The van der Waals surface area contributed by atoms with Crippen molar-refractivity contribution in [2.24, 2.45) is 0 Å². The van der Waals surface area contributed by atoms with Gasteiger partial charge in [0.05, 0.1) is 12.1 Å². The van der Waals surface area contributed by atoms with Gasteiger partial charge in [-0.15, -0.1) is 0 Å². The maximum absolute atomic E-state index is 12.7. The van der Waals surface area contributed by atoms with E-state index in [2.05, 4.69) is 20.9 Å². The second-order valence-corrected chi connectivity index (χ2v) is 6.33. The minimum absolute atomic E-state index is 0.308. The molecule has 1 N–H and O–H groups in total. The number of rotatable bonds is 4. The largest absolute Gasteiger partial charge is 0.375 e. The van der Waals surface area contributed by atoms with Gasteiger partial charge in [0.1, 0.15) is 0 Å². The number of likely N-dealkylation sites (N-methyl/N-ethyl adjacent to an activating group) is 1. The zero-order valence-electron chi connectivity index (χ0n) is 12.5. The Morgan fingerprint density at radius 1 is 1.39 bits per heavy atom. The second kappa shape index (κ2) is 5.86. The summed E-state index contributed by atoms with van der Waals surface area (Å²) in [5.41, 5.74) is -0.374. The van der Waals surface area contributed by atoms with Crippen LogP contribution in [0.25, 0.3) is 0 Å². The van der Waals surface area contributed by atoms with Gasteiger partial charge in [-0.25, -0.2) is 0 Å². The average Bonchev–Trinajstić information content (AvgIpc) is 2.76. The lowest BCUT2D eigenvalue weighted by molar-refractivity contribution is -0.135. The number of halogens is 1. The lowest BCUT2D eigenvalue weighted by atomic mass is 9.88. The SMILES string of the molecule is CCN1C(=O)[C@@](O)(CC(=O)c2cccnc2)c2cc(Br)ccc21. The van der Waals surface area contributed by atoms with Crippen LogP contribution in [0.2, 0.25) is 0 Å². The molecule has 2 aromatic rings. The third-order valence-electron chi connectivity index (χ3n) is 4.01. The first kappa shape index (κ1) is 15.8. The molecule has 0 radical (unpaired) electrons. The number of hydrogen-bond donors (Lipinski definition) is 1. The van der Waals surface area contributed by atoms with Gasteiger partial charge in [0.15, 0.2) is 11.4 Å². The van der Waals surface area contributed by atoms with Crippen LogP contribution in [0.15, 0.2) is 47.2 Å². The van der Waals surface area contributed by atoms with Crippen molar-refractivity contribution in [3.8, 4) is 0 Å². The van der Waals surface area contributed by atoms with Crippen LogP contribution < -0.4 is 4.90 Å². The van der Waals surface area contributed by atoms with Crippen LogP contribution in [0.1, 0.15) is 29.3 Å². The summed E-state index contributed by atoms with van der Waals surface area (Å²) in [5.74, 6) is -0.789. The summed E-state index contributed by atoms with van der Waals surface area (Å²) in [6.07, 6.45) is 2.69. The number of carbonyl (C=O) groups excluding carboxylic acids is 2. The molecule has 0 saturated heterocycles. The molecule has 0 unspecified atom stereocenters. The van der Waals surface area contributed by atoms with Crippen molar-refractivity contribution in [2.75, 3.05) is 11.4 Å². The van der Waals surface area contributed by atoms with E-state index in [0.717, 1.165) is 4.47 Å². The van der Waals surface area contributed by atoms with E-state index in [1.807, 2.05) is 13.0 Å². The highest BCUT2D eigenvalue weighted by Gasteiger charge is 2.50. The fourth-order valence-corrected chi connectivity index (χ4v) is 3.23. The maximum atomic E-state index is 12.7. The first-order valence-corrected chi connectivity index (χ1v) is 8.04. The van der Waals surface area contributed by atoms with Gasteiger partial charge in [0.25, 0.3) is 5.91 Å². The van der Waals surface area contributed by atoms with Crippen molar-refractivity contribution in [3.05, 3.63) is 58.3 Å². The number of carbonyl (C=O) groups is 2. The summed E-state index contributed by atoms with van der Waals surface area (Å²) >= 11 is 3.35. The monoisotopic (exact) mass is 374 g/mol. The van der Waals surface area contributed by atoms with E-state index < -0.39 is 11.5 Å². The minimum Gasteiger partial charge on any atom is -0.375 e. The van der Waals surface area contributed by atoms with Gasteiger partial charge in [0, 0.05) is 34.5 Å². The van der Waals surface area contributed by atoms with Crippen LogP contribution in [0.4, 0.5) is 5.69 Å². The Hall–Kier alpha value is -2.05. The van der Waals surface area contributed by atoms with Crippen LogP contribution in [0, 0.1) is 0 Å². The molecule has 5 nitrogen and oxygen atoms in total. The van der Waals surface area contributed by atoms with Gasteiger partial charge in [-0.1, -0.05) is 15.9 Å². The van der Waals surface area contributed by atoms with Gasteiger partial charge >= 0.3 is 0 Å². The molecule has 1 aliphatic heterocycles. The van der Waals surface area contributed by atoms with Crippen LogP contribution >= 0.6 is 15.9 Å². The Morgan fingerprint density at radius 2 is 2.17 bits per heavy atom. The van der Waals surface area contributed by atoms with Crippen LogP contribution in [0.5, 0.6) is 0 Å². The number of ketones is 1. The number of pyridine rings is 1. The summed E-state index contributed by atoms with van der Waals surface area (Å²) in [6.45, 7) is 2.26. The van der Waals surface area contributed by atoms with Gasteiger partial charge in [0.2, 0.25) is 0 Å². The molecule has 1 aromatic heterocycles. The number of nitrogens with zero attached hydrogens (tertiary/aromatic N) is 2. The number of fused-ring (bicyclic) bond motifs is 1. The molecular formula is C17H15BrN2O3. The molecule has 1 aliphatic rings. The molecule has 2 heterocycles. The Kier molecular flexibility index (Phi) is 4.04. The summed E-state index contributed by atoms with van der Waals surface area (Å²) < 4.78 is 0.745. The number of aliphatic hydroxyl groups is 1. The summed E-state index contributed by atoms with van der Waals surface area (Å²) in [6, 6.07) is 8.55. The predicted molar refractivity (Wildman–Crippen MR) is 89.3 cm³/mol. The molecule has 1 aromatic carbocycles. The molecule has 0 bridgehead atoms. The standard InChI is InChI=1S/C17H15BrN2O3/c1-2-20-14-6-5-12(18)8-13(14)17(23,16(20)22)9-15(21)11-4-3-7-19-10-11/h3-8,10,23H,2,9H2,1H3/t17-/m1/s1. The Morgan fingerprint density at radius 3 is 2.83 bits per heavy atom. The number of amides is 1. The number of hydrogen-bond acceptors (Lipinski definition) is 4. The molecule has 1 atom stereocenters. The van der Waals surface area contributed by atoms with E-state index in [4.69, 9.17) is 0 Å². The summed E-state index contributed by atoms with van der Waals surface area (Å²) in [4.78, 5) is 30.5. The molecule has 0 fully saturated rings. The highest BCUT2D eigenvalue weighted by Crippen LogP contribution is 2.43. The van der Waals surface area contributed by atoms with E-state index in [-0.39, 0.29) is 12.2 Å². The molecule has 23 heavy (non-hydrogen) atoms. The minimum atomic E-state index is -1.85. The van der Waals surface area contributed by atoms with Gasteiger partial charge < -0.3 is 10.0 Å². The van der Waals surface area contributed by atoms with E-state index >= 15 is 0 Å². The number of aromatic nitrogens is 1. The van der Waals surface area contributed by atoms with Crippen LogP contribution in [0.3, 0.4) is 0 Å². The van der Waals surface area contributed by atoms with Crippen LogP contribution in [-0.2, 0) is 10.4 Å². The van der Waals surface area contributed by atoms with E-state index in [0.29, 0.717) is 23.4 Å². The lowest BCUT2D eigenvalue weighted by Gasteiger charge is -2.22. The lowest BCUT2D eigenvalue weighted by Crippen LogP contribution is -2.41. The topological polar surface area (TPSA) is 70.5 Å². The zero-order valence-corrected chi connectivity index (χ0v) is 14.1. The summed E-state index contributed by atoms with van der Waals surface area (Å²) in [5, 5.41) is 11.0. The molecule has 1 amide bonds. The fourth-order valence-electron chi connectivity index (χ4n) is 2.87. The van der Waals surface area contributed by atoms with Gasteiger partial charge in [-0.2, -0.15) is 0 Å². The molecule has 0 saturated carbocycles. The first-order chi connectivity index (χ1) is 11.0. The number of anilines is 1. The molecule has 0 aliphatic carbocycles. The van der Waals surface area contributed by atoms with Crippen molar-refractivity contribution in [2.45, 2.75) is 18.9 Å². The highest BCUT2D eigenvalue weighted by atomic mass is 79.9. The van der Waals surface area contributed by atoms with Crippen molar-refractivity contribution >= 4 is 33.3 Å². The van der Waals surface area contributed by atoms with E-state index in [1.165, 1.54) is 11.1 Å². The molecule has 6 heteroatoms. The van der Waals surface area contributed by atoms with Crippen molar-refractivity contribution < 1.29 is 14.7 Å². The third-order valence-corrected chi connectivity index (χ3v) is 4.50. The maximum Gasteiger partial charge on any atom is 0.264 e. The van der Waals surface area contributed by atoms with Crippen molar-refractivity contribution in [3.63, 3.8) is 0 Å². The Bertz CT molecular complexity index is 779. The van der Waals surface area contributed by atoms with E-state index in [1.54, 1.807) is 30.5 Å². The fraction of sp³-hybridized carbons (Fsp3) is 0.235. The average molecular weight is 375 g/mol. The number of benzene rings is 1. The Labute approximate surface area is 142 Å². The zero-order chi connectivity index (χ0) is 16.6. The first-order valence-electron chi connectivity index (χ1n) is 7.25. The second-order valence-electron chi connectivity index (χ2n) is 5.41. The normalized spacial score (nSPS) is 19.8. The molecular weight excluding hydrogens is 360 g/mol. The van der Waals surface area contributed by atoms with E-state index in [9.17, 15) is 14.7 Å². The molecule has 3 rings (SSSR count). The van der Waals surface area contributed by atoms with Crippen molar-refractivity contribution in [1.29, 1.82) is 0 Å². The molecule has 118 valence electrons. The smallest absolute Gasteiger partial charge is 0.264 e. The van der Waals surface area contributed by atoms with Crippen LogP contribution in [-0.4, -0.2) is 28.3 Å². The molecule has 0 spiro atoms. The van der Waals surface area contributed by atoms with Gasteiger partial charge in [-0.3, -0.25) is 14.6 Å². The van der Waals surface area contributed by atoms with Crippen molar-refractivity contribution in [1.82, 2.24) is 4.98 Å². The highest BCUT2D eigenvalue weighted by molar-refractivity contribution is 9.10. The number of Topliss-reactive ketones (excluding diaryl/α,β-unsaturated/α-hetero) is 1. The summed E-state index contributed by atoms with van der Waals surface area (Å²) in [7, 11) is 0. The third kappa shape index (κ3) is 2.58. The predicted octanol–water partition coefficient (Wildman–Crippen LogP) is 2.67. The Balaban J connectivity index is 2.02.